The molecule has 0 saturated carbocycles. The summed E-state index contributed by atoms with van der Waals surface area (Å²) in [6.45, 7) is 4.37. The molecule has 2 heteroatoms. The van der Waals surface area contributed by atoms with Crippen LogP contribution in [0.1, 0.15) is 5.56 Å². The maximum absolute atomic E-state index is 3.28. The van der Waals surface area contributed by atoms with Crippen LogP contribution < -0.4 is 10.2 Å². The van der Waals surface area contributed by atoms with Gasteiger partial charge in [0.2, 0.25) is 0 Å². The number of rotatable bonds is 2. The Bertz CT molecular complexity index is 292. The molecule has 1 aliphatic heterocycles. The van der Waals surface area contributed by atoms with Crippen molar-refractivity contribution in [1.82, 2.24) is 5.32 Å². The van der Waals surface area contributed by atoms with Gasteiger partial charge in [0.25, 0.3) is 0 Å². The molecule has 1 N–H and O–H groups in total. The topological polar surface area (TPSA) is 15.3 Å². The van der Waals surface area contributed by atoms with Gasteiger partial charge in [-0.2, -0.15) is 0 Å². The highest BCUT2D eigenvalue weighted by Crippen LogP contribution is 2.17. The van der Waals surface area contributed by atoms with E-state index in [4.69, 9.17) is 0 Å². The van der Waals surface area contributed by atoms with Crippen LogP contribution in [0, 0.1) is 6.92 Å². The van der Waals surface area contributed by atoms with Crippen LogP contribution in [-0.2, 0) is 0 Å². The molecule has 0 aliphatic carbocycles. The maximum Gasteiger partial charge on any atom is 0.0535 e. The first-order valence-corrected chi connectivity index (χ1v) is 4.77. The molecule has 0 radical (unpaired) electrons. The van der Waals surface area contributed by atoms with E-state index in [0.717, 1.165) is 13.1 Å². The van der Waals surface area contributed by atoms with Gasteiger partial charge in [0.05, 0.1) is 6.04 Å². The summed E-state index contributed by atoms with van der Waals surface area (Å²) >= 11 is 0. The van der Waals surface area contributed by atoms with E-state index in [9.17, 15) is 0 Å². The van der Waals surface area contributed by atoms with Gasteiger partial charge in [-0.1, -0.05) is 12.1 Å². The molecule has 13 heavy (non-hydrogen) atoms. The van der Waals surface area contributed by atoms with Gasteiger partial charge in [0.15, 0.2) is 0 Å². The summed E-state index contributed by atoms with van der Waals surface area (Å²) in [6.07, 6.45) is 0. The number of aryl methyl sites for hydroxylation is 1. The quantitative estimate of drug-likeness (QED) is 0.733. The zero-order valence-corrected chi connectivity index (χ0v) is 8.25. The molecule has 0 unspecified atom stereocenters. The highest BCUT2D eigenvalue weighted by atomic mass is 15.2. The highest BCUT2D eigenvalue weighted by Gasteiger charge is 2.21. The predicted octanol–water partition coefficient (Wildman–Crippen LogP) is 1.40. The van der Waals surface area contributed by atoms with Crippen molar-refractivity contribution in [3.63, 3.8) is 0 Å². The summed E-state index contributed by atoms with van der Waals surface area (Å²) in [4.78, 5) is 2.35. The van der Waals surface area contributed by atoms with Crippen molar-refractivity contribution in [3.05, 3.63) is 29.8 Å². The minimum atomic E-state index is 0.682. The molecule has 0 bridgehead atoms. The number of anilines is 1. The van der Waals surface area contributed by atoms with E-state index in [1.54, 1.807) is 0 Å². The molecule has 1 aromatic carbocycles. The van der Waals surface area contributed by atoms with E-state index in [1.807, 2.05) is 0 Å². The van der Waals surface area contributed by atoms with Gasteiger partial charge in [-0.3, -0.25) is 0 Å². The lowest BCUT2D eigenvalue weighted by Crippen LogP contribution is -2.56. The third-order valence-electron chi connectivity index (χ3n) is 2.72. The molecule has 1 aromatic rings. The van der Waals surface area contributed by atoms with E-state index >= 15 is 0 Å². The van der Waals surface area contributed by atoms with Gasteiger partial charge < -0.3 is 10.2 Å². The molecular formula is C11H16N2. The average Bonchev–Trinajstić information content (AvgIpc) is 2.01. The normalized spacial score (nSPS) is 16.8. The molecular weight excluding hydrogens is 160 g/mol. The van der Waals surface area contributed by atoms with Gasteiger partial charge in [-0.05, 0) is 24.6 Å². The van der Waals surface area contributed by atoms with Crippen molar-refractivity contribution >= 4 is 5.69 Å². The highest BCUT2D eigenvalue weighted by molar-refractivity contribution is 5.49. The molecule has 70 valence electrons. The van der Waals surface area contributed by atoms with E-state index in [0.29, 0.717) is 6.04 Å². The third-order valence-corrected chi connectivity index (χ3v) is 2.72. The second-order valence-electron chi connectivity index (χ2n) is 3.76. The molecule has 1 heterocycles. The first-order valence-electron chi connectivity index (χ1n) is 4.77. The van der Waals surface area contributed by atoms with E-state index < -0.39 is 0 Å². The van der Waals surface area contributed by atoms with Crippen molar-refractivity contribution in [1.29, 1.82) is 0 Å². The number of likely N-dealkylation sites (N-methyl/N-ethyl adjacent to an activating group) is 1. The summed E-state index contributed by atoms with van der Waals surface area (Å²) in [7, 11) is 2.17. The summed E-state index contributed by atoms with van der Waals surface area (Å²) in [5.74, 6) is 0. The Morgan fingerprint density at radius 2 is 2.15 bits per heavy atom. The lowest BCUT2D eigenvalue weighted by Gasteiger charge is -2.37. The Balaban J connectivity index is 2.14. The monoisotopic (exact) mass is 176 g/mol. The molecule has 1 saturated heterocycles. The second kappa shape index (κ2) is 3.38. The molecule has 0 aromatic heterocycles. The Labute approximate surface area is 79.6 Å². The fraction of sp³-hybridized carbons (Fsp3) is 0.455. The van der Waals surface area contributed by atoms with E-state index in [1.165, 1.54) is 11.3 Å². The minimum absolute atomic E-state index is 0.682. The van der Waals surface area contributed by atoms with E-state index in [-0.39, 0.29) is 0 Å². The van der Waals surface area contributed by atoms with Crippen molar-refractivity contribution in [2.75, 3.05) is 25.0 Å². The summed E-state index contributed by atoms with van der Waals surface area (Å²) < 4.78 is 0. The number of nitrogens with one attached hydrogen (secondary N) is 1. The fourth-order valence-electron chi connectivity index (χ4n) is 1.61. The molecule has 2 rings (SSSR count). The van der Waals surface area contributed by atoms with Crippen LogP contribution in [0.25, 0.3) is 0 Å². The smallest absolute Gasteiger partial charge is 0.0535 e. The Kier molecular flexibility index (Phi) is 2.23. The molecule has 0 amide bonds. The Morgan fingerprint density at radius 3 is 2.69 bits per heavy atom. The van der Waals surface area contributed by atoms with Gasteiger partial charge in [-0.25, -0.2) is 0 Å². The number of hydrogen-bond acceptors (Lipinski definition) is 2. The standard InChI is InChI=1S/C11H16N2/c1-9-4-3-5-10(6-9)13(2)11-7-12-8-11/h3-6,11-12H,7-8H2,1-2H3. The Morgan fingerprint density at radius 1 is 1.38 bits per heavy atom. The minimum Gasteiger partial charge on any atom is -0.369 e. The number of benzene rings is 1. The summed E-state index contributed by atoms with van der Waals surface area (Å²) in [5, 5.41) is 3.28. The van der Waals surface area contributed by atoms with Crippen LogP contribution in [-0.4, -0.2) is 26.2 Å². The van der Waals surface area contributed by atoms with Crippen LogP contribution in [0.15, 0.2) is 24.3 Å². The van der Waals surface area contributed by atoms with Crippen LogP contribution in [0.3, 0.4) is 0 Å². The molecule has 1 aliphatic rings. The molecule has 0 spiro atoms. The summed E-state index contributed by atoms with van der Waals surface area (Å²) in [5.41, 5.74) is 2.66. The predicted molar refractivity (Wildman–Crippen MR) is 56.2 cm³/mol. The van der Waals surface area contributed by atoms with E-state index in [2.05, 4.69) is 48.5 Å². The molecule has 1 fully saturated rings. The Hall–Kier alpha value is -1.02. The average molecular weight is 176 g/mol. The van der Waals surface area contributed by atoms with Gasteiger partial charge in [0.1, 0.15) is 0 Å². The second-order valence-corrected chi connectivity index (χ2v) is 3.76. The largest absolute Gasteiger partial charge is 0.369 e. The van der Waals surface area contributed by atoms with Gasteiger partial charge >= 0.3 is 0 Å². The maximum atomic E-state index is 3.28. The van der Waals surface area contributed by atoms with Crippen molar-refractivity contribution in [2.24, 2.45) is 0 Å². The van der Waals surface area contributed by atoms with Gasteiger partial charge in [0, 0.05) is 25.8 Å². The van der Waals surface area contributed by atoms with Gasteiger partial charge in [-0.15, -0.1) is 0 Å². The molecule has 2 nitrogen and oxygen atoms in total. The number of hydrogen-bond donors (Lipinski definition) is 1. The van der Waals surface area contributed by atoms with Crippen molar-refractivity contribution in [2.45, 2.75) is 13.0 Å². The van der Waals surface area contributed by atoms with Crippen molar-refractivity contribution < 1.29 is 0 Å². The van der Waals surface area contributed by atoms with Crippen LogP contribution in [0.2, 0.25) is 0 Å². The lowest BCUT2D eigenvalue weighted by molar-refractivity contribution is 0.429. The van der Waals surface area contributed by atoms with Crippen LogP contribution in [0.4, 0.5) is 5.69 Å². The lowest BCUT2D eigenvalue weighted by atomic mass is 10.1. The zero-order valence-electron chi connectivity index (χ0n) is 8.25. The summed E-state index contributed by atoms with van der Waals surface area (Å²) in [6, 6.07) is 9.34. The molecule has 0 atom stereocenters. The zero-order chi connectivity index (χ0) is 9.26. The first-order chi connectivity index (χ1) is 6.27. The van der Waals surface area contributed by atoms with Crippen molar-refractivity contribution in [3.8, 4) is 0 Å². The van der Waals surface area contributed by atoms with Crippen LogP contribution >= 0.6 is 0 Å². The van der Waals surface area contributed by atoms with Crippen LogP contribution in [0.5, 0.6) is 0 Å². The first kappa shape index (κ1) is 8.57. The SMILES string of the molecule is Cc1cccc(N(C)C2CNC2)c1. The fourth-order valence-corrected chi connectivity index (χ4v) is 1.61. The third kappa shape index (κ3) is 1.68. The number of nitrogens with zero attached hydrogens (tertiary/aromatic N) is 1.